The molecule has 1 fully saturated rings. The summed E-state index contributed by atoms with van der Waals surface area (Å²) in [6.07, 6.45) is 1.00. The lowest BCUT2D eigenvalue weighted by Crippen LogP contribution is -2.46. The van der Waals surface area contributed by atoms with Crippen LogP contribution in [0.3, 0.4) is 0 Å². The van der Waals surface area contributed by atoms with Gasteiger partial charge in [-0.1, -0.05) is 13.3 Å². The number of alkyl halides is 3. The fourth-order valence-corrected chi connectivity index (χ4v) is 3.47. The van der Waals surface area contributed by atoms with E-state index >= 15 is 0 Å². The molecule has 0 aliphatic heterocycles. The average molecular weight is 476 g/mol. The number of aromatic nitrogens is 1. The zero-order valence-corrected chi connectivity index (χ0v) is 17.0. The maximum Gasteiger partial charge on any atom is 0.434 e. The third-order valence-corrected chi connectivity index (χ3v) is 5.40. The third-order valence-electron chi connectivity index (χ3n) is 4.49. The molecule has 2 rings (SSSR count). The number of rotatable bonds is 6. The maximum atomic E-state index is 12.5. The summed E-state index contributed by atoms with van der Waals surface area (Å²) in [5.74, 6) is 0.692. The third kappa shape index (κ3) is 5.75. The Hall–Kier alpha value is -0.580. The van der Waals surface area contributed by atoms with Crippen LogP contribution in [0.15, 0.2) is 10.4 Å². The van der Waals surface area contributed by atoms with Crippen LogP contribution in [0.1, 0.15) is 43.3 Å². The molecule has 0 atom stereocenters. The van der Waals surface area contributed by atoms with Crippen molar-refractivity contribution in [1.82, 2.24) is 15.6 Å². The second kappa shape index (κ2) is 9.21. The number of halogens is 4. The largest absolute Gasteiger partial charge is 0.434 e. The van der Waals surface area contributed by atoms with E-state index in [0.717, 1.165) is 29.7 Å². The van der Waals surface area contributed by atoms with Crippen molar-refractivity contribution in [3.63, 3.8) is 0 Å². The number of guanidine groups is 1. The molecule has 1 aliphatic rings. The lowest BCUT2D eigenvalue weighted by atomic mass is 9.67. The van der Waals surface area contributed by atoms with Gasteiger partial charge in [-0.25, -0.2) is 4.98 Å². The second-order valence-electron chi connectivity index (χ2n) is 5.93. The molecule has 0 spiro atoms. The minimum absolute atomic E-state index is 0. The Kier molecular flexibility index (Phi) is 8.24. The zero-order valence-electron chi connectivity index (χ0n) is 13.9. The van der Waals surface area contributed by atoms with Gasteiger partial charge in [-0.2, -0.15) is 13.2 Å². The van der Waals surface area contributed by atoms with Crippen LogP contribution >= 0.6 is 35.3 Å². The van der Waals surface area contributed by atoms with Gasteiger partial charge in [0.2, 0.25) is 0 Å². The van der Waals surface area contributed by atoms with E-state index in [1.807, 2.05) is 0 Å². The van der Waals surface area contributed by atoms with Crippen molar-refractivity contribution >= 4 is 41.3 Å². The van der Waals surface area contributed by atoms with Gasteiger partial charge in [-0.3, -0.25) is 4.99 Å². The quantitative estimate of drug-likeness (QED) is 0.370. The van der Waals surface area contributed by atoms with Gasteiger partial charge in [-0.15, -0.1) is 35.3 Å². The van der Waals surface area contributed by atoms with Crippen LogP contribution in [0.4, 0.5) is 13.2 Å². The predicted molar refractivity (Wildman–Crippen MR) is 102 cm³/mol. The van der Waals surface area contributed by atoms with Gasteiger partial charge in [0.15, 0.2) is 11.7 Å². The van der Waals surface area contributed by atoms with Crippen LogP contribution in [0.2, 0.25) is 0 Å². The fourth-order valence-electron chi connectivity index (χ4n) is 2.67. The van der Waals surface area contributed by atoms with E-state index in [1.54, 1.807) is 7.05 Å². The van der Waals surface area contributed by atoms with Crippen LogP contribution in [0.5, 0.6) is 0 Å². The summed E-state index contributed by atoms with van der Waals surface area (Å²) in [7, 11) is 1.69. The Morgan fingerprint density at radius 3 is 2.54 bits per heavy atom. The summed E-state index contributed by atoms with van der Waals surface area (Å²) in [6, 6.07) is 0. The molecule has 1 aromatic heterocycles. The summed E-state index contributed by atoms with van der Waals surface area (Å²) in [5.41, 5.74) is -0.427. The van der Waals surface area contributed by atoms with Gasteiger partial charge in [0, 0.05) is 31.9 Å². The van der Waals surface area contributed by atoms with E-state index in [-0.39, 0.29) is 24.0 Å². The second-order valence-corrected chi connectivity index (χ2v) is 6.88. The first-order chi connectivity index (χ1) is 10.9. The first-order valence-electron chi connectivity index (χ1n) is 7.85. The van der Waals surface area contributed by atoms with Crippen molar-refractivity contribution in [3.05, 3.63) is 16.1 Å². The zero-order chi connectivity index (χ0) is 16.9. The molecule has 4 nitrogen and oxygen atoms in total. The summed E-state index contributed by atoms with van der Waals surface area (Å²) in [4.78, 5) is 7.78. The number of thiazole rings is 1. The molecule has 0 amide bonds. The van der Waals surface area contributed by atoms with E-state index < -0.39 is 11.9 Å². The average Bonchev–Trinajstić information content (AvgIpc) is 2.93. The molecule has 0 aromatic carbocycles. The smallest absolute Gasteiger partial charge is 0.356 e. The monoisotopic (exact) mass is 476 g/mol. The highest BCUT2D eigenvalue weighted by atomic mass is 127. The Morgan fingerprint density at radius 2 is 2.08 bits per heavy atom. The molecule has 0 unspecified atom stereocenters. The van der Waals surface area contributed by atoms with Crippen molar-refractivity contribution in [2.45, 2.75) is 45.2 Å². The lowest BCUT2D eigenvalue weighted by molar-refractivity contribution is -0.140. The molecule has 1 aliphatic carbocycles. The van der Waals surface area contributed by atoms with Gasteiger partial charge < -0.3 is 10.6 Å². The highest BCUT2D eigenvalue weighted by Gasteiger charge is 2.35. The molecular weight excluding hydrogens is 452 g/mol. The highest BCUT2D eigenvalue weighted by Crippen LogP contribution is 2.42. The lowest BCUT2D eigenvalue weighted by Gasteiger charge is -2.41. The topological polar surface area (TPSA) is 49.3 Å². The number of aliphatic imine (C=N–C) groups is 1. The Morgan fingerprint density at radius 1 is 1.38 bits per heavy atom. The Bertz CT molecular complexity index is 536. The van der Waals surface area contributed by atoms with Gasteiger partial charge in [-0.05, 0) is 24.7 Å². The van der Waals surface area contributed by atoms with Crippen molar-refractivity contribution in [3.8, 4) is 0 Å². The summed E-state index contributed by atoms with van der Waals surface area (Å²) < 4.78 is 37.5. The molecule has 24 heavy (non-hydrogen) atoms. The van der Waals surface area contributed by atoms with E-state index in [1.165, 1.54) is 19.3 Å². The molecule has 138 valence electrons. The van der Waals surface area contributed by atoms with Crippen LogP contribution in [0.25, 0.3) is 0 Å². The number of nitrogens with one attached hydrogen (secondary N) is 2. The molecule has 2 N–H and O–H groups in total. The molecule has 1 aromatic rings. The molecule has 0 radical (unpaired) electrons. The SMILES string of the molecule is CCC1(CNC(=NC)NCCc2nc(C(F)(F)F)cs2)CCC1.I. The minimum atomic E-state index is -4.36. The van der Waals surface area contributed by atoms with E-state index in [2.05, 4.69) is 27.5 Å². The maximum absolute atomic E-state index is 12.5. The predicted octanol–water partition coefficient (Wildman–Crippen LogP) is 4.07. The van der Waals surface area contributed by atoms with Crippen LogP contribution in [-0.2, 0) is 12.6 Å². The normalized spacial score (nSPS) is 17.0. The molecule has 1 saturated carbocycles. The Labute approximate surface area is 161 Å². The van der Waals surface area contributed by atoms with Gasteiger partial charge >= 0.3 is 6.18 Å². The molecule has 1 heterocycles. The first-order valence-corrected chi connectivity index (χ1v) is 8.73. The van der Waals surface area contributed by atoms with Crippen LogP contribution in [-0.4, -0.2) is 31.1 Å². The van der Waals surface area contributed by atoms with Gasteiger partial charge in [0.25, 0.3) is 0 Å². The number of hydrogen-bond acceptors (Lipinski definition) is 3. The van der Waals surface area contributed by atoms with Crippen LogP contribution in [0, 0.1) is 5.41 Å². The van der Waals surface area contributed by atoms with Crippen molar-refractivity contribution in [2.75, 3.05) is 20.1 Å². The van der Waals surface area contributed by atoms with E-state index in [4.69, 9.17) is 0 Å². The van der Waals surface area contributed by atoms with Crippen molar-refractivity contribution < 1.29 is 13.2 Å². The van der Waals surface area contributed by atoms with Crippen LogP contribution < -0.4 is 10.6 Å². The minimum Gasteiger partial charge on any atom is -0.356 e. The van der Waals surface area contributed by atoms with Gasteiger partial charge in [0.05, 0.1) is 5.01 Å². The molecule has 0 saturated heterocycles. The summed E-state index contributed by atoms with van der Waals surface area (Å²) >= 11 is 1.04. The van der Waals surface area contributed by atoms with Crippen molar-refractivity contribution in [1.29, 1.82) is 0 Å². The Balaban J connectivity index is 0.00000288. The molecular formula is C15H24F3IN4S. The van der Waals surface area contributed by atoms with Crippen molar-refractivity contribution in [2.24, 2.45) is 10.4 Å². The first kappa shape index (κ1) is 21.5. The number of nitrogens with zero attached hydrogens (tertiary/aromatic N) is 2. The number of hydrogen-bond donors (Lipinski definition) is 2. The summed E-state index contributed by atoms with van der Waals surface area (Å²) in [5, 5.41) is 7.99. The fraction of sp³-hybridized carbons (Fsp3) is 0.733. The van der Waals surface area contributed by atoms with E-state index in [0.29, 0.717) is 29.3 Å². The molecule has 9 heteroatoms. The standard InChI is InChI=1S/C15H23F3N4S.HI/c1-3-14(6-4-7-14)10-21-13(19-2)20-8-5-12-22-11(9-23-12)15(16,17)18;/h9H,3-8,10H2,1-2H3,(H2,19,20,21);1H. The van der Waals surface area contributed by atoms with Gasteiger partial charge in [0.1, 0.15) is 0 Å². The molecule has 0 bridgehead atoms. The summed E-state index contributed by atoms with van der Waals surface area (Å²) in [6.45, 7) is 3.60. The highest BCUT2D eigenvalue weighted by molar-refractivity contribution is 14.0. The van der Waals surface area contributed by atoms with E-state index in [9.17, 15) is 13.2 Å².